The first-order valence-corrected chi connectivity index (χ1v) is 5.05. The molecule has 0 saturated heterocycles. The van der Waals surface area contributed by atoms with Crippen LogP contribution in [0.2, 0.25) is 0 Å². The molecule has 0 aliphatic heterocycles. The second-order valence-corrected chi connectivity index (χ2v) is 3.66. The molecule has 0 spiro atoms. The van der Waals surface area contributed by atoms with Gasteiger partial charge in [-0.15, -0.1) is 0 Å². The molecule has 0 aliphatic rings. The summed E-state index contributed by atoms with van der Waals surface area (Å²) in [6, 6.07) is 4.09. The Labute approximate surface area is 92.4 Å². The number of aromatic nitrogens is 4. The van der Waals surface area contributed by atoms with Crippen molar-refractivity contribution in [3.63, 3.8) is 0 Å². The van der Waals surface area contributed by atoms with E-state index in [0.29, 0.717) is 0 Å². The maximum absolute atomic E-state index is 4.35. The number of hydrogen-bond donors (Lipinski definition) is 1. The predicted octanol–water partition coefficient (Wildman–Crippen LogP) is 2.33. The third kappa shape index (κ3) is 1.35. The summed E-state index contributed by atoms with van der Waals surface area (Å²) in [6.45, 7) is 1.97. The lowest BCUT2D eigenvalue weighted by molar-refractivity contribution is 1.10. The van der Waals surface area contributed by atoms with Gasteiger partial charge in [-0.25, -0.2) is 15.0 Å². The van der Waals surface area contributed by atoms with Crippen LogP contribution in [-0.4, -0.2) is 19.9 Å². The molecule has 0 amide bonds. The Morgan fingerprint density at radius 3 is 3.00 bits per heavy atom. The minimum absolute atomic E-state index is 0.901. The van der Waals surface area contributed by atoms with Crippen molar-refractivity contribution in [1.29, 1.82) is 0 Å². The number of nitrogens with zero attached hydrogens (tertiary/aromatic N) is 3. The predicted molar refractivity (Wildman–Crippen MR) is 61.9 cm³/mol. The van der Waals surface area contributed by atoms with Crippen LogP contribution in [0.4, 0.5) is 0 Å². The molecule has 0 bridgehead atoms. The highest BCUT2D eigenvalue weighted by molar-refractivity contribution is 5.81. The fraction of sp³-hybridized carbons (Fsp3) is 0.0833. The van der Waals surface area contributed by atoms with Gasteiger partial charge in [0.05, 0.1) is 0 Å². The van der Waals surface area contributed by atoms with E-state index < -0.39 is 0 Å². The molecule has 0 saturated carbocycles. The first-order valence-electron chi connectivity index (χ1n) is 5.05. The van der Waals surface area contributed by atoms with Crippen molar-refractivity contribution in [3.8, 4) is 11.1 Å². The van der Waals surface area contributed by atoms with Gasteiger partial charge in [0, 0.05) is 40.8 Å². The molecule has 3 aromatic rings. The zero-order valence-electron chi connectivity index (χ0n) is 8.81. The molecule has 3 heterocycles. The van der Waals surface area contributed by atoms with Gasteiger partial charge >= 0.3 is 0 Å². The van der Waals surface area contributed by atoms with E-state index >= 15 is 0 Å². The molecule has 0 radical (unpaired) electrons. The van der Waals surface area contributed by atoms with Crippen molar-refractivity contribution in [2.75, 3.05) is 0 Å². The summed E-state index contributed by atoms with van der Waals surface area (Å²) in [5.74, 6) is 0. The topological polar surface area (TPSA) is 54.5 Å². The summed E-state index contributed by atoms with van der Waals surface area (Å²) < 4.78 is 0. The van der Waals surface area contributed by atoms with Gasteiger partial charge in [0.2, 0.25) is 0 Å². The summed E-state index contributed by atoms with van der Waals surface area (Å²) in [5, 5.41) is 1.10. The molecule has 4 nitrogen and oxygen atoms in total. The van der Waals surface area contributed by atoms with Crippen LogP contribution in [0.1, 0.15) is 5.69 Å². The van der Waals surface area contributed by atoms with Gasteiger partial charge in [0.1, 0.15) is 12.0 Å². The van der Waals surface area contributed by atoms with Crippen LogP contribution < -0.4 is 0 Å². The van der Waals surface area contributed by atoms with Crippen LogP contribution in [0.5, 0.6) is 0 Å². The Bertz CT molecular complexity index is 642. The largest absolute Gasteiger partial charge is 0.346 e. The third-order valence-electron chi connectivity index (χ3n) is 2.62. The Morgan fingerprint density at radius 2 is 2.12 bits per heavy atom. The molecule has 0 fully saturated rings. The fourth-order valence-corrected chi connectivity index (χ4v) is 1.76. The van der Waals surface area contributed by atoms with E-state index in [9.17, 15) is 0 Å². The lowest BCUT2D eigenvalue weighted by Crippen LogP contribution is -1.89. The first-order chi connectivity index (χ1) is 7.84. The number of fused-ring (bicyclic) bond motifs is 1. The second kappa shape index (κ2) is 3.41. The minimum atomic E-state index is 0.901. The Balaban J connectivity index is 2.22. The summed E-state index contributed by atoms with van der Waals surface area (Å²) in [6.07, 6.45) is 7.10. The molecule has 0 unspecified atom stereocenters. The molecule has 0 aromatic carbocycles. The standard InChI is InChI=1S/C12H10N4/c1-8-11(6-13-7-16-8)10-4-9-2-3-14-12(9)15-5-10/h2-7H,1H3,(H,14,15). The van der Waals surface area contributed by atoms with E-state index in [1.807, 2.05) is 31.6 Å². The molecular formula is C12H10N4. The van der Waals surface area contributed by atoms with Crippen LogP contribution in [0, 0.1) is 6.92 Å². The van der Waals surface area contributed by atoms with E-state index in [-0.39, 0.29) is 0 Å². The van der Waals surface area contributed by atoms with Gasteiger partial charge in [0.15, 0.2) is 0 Å². The van der Waals surface area contributed by atoms with Crippen molar-refractivity contribution in [3.05, 3.63) is 42.7 Å². The highest BCUT2D eigenvalue weighted by Crippen LogP contribution is 2.23. The van der Waals surface area contributed by atoms with E-state index in [0.717, 1.165) is 27.9 Å². The summed E-state index contributed by atoms with van der Waals surface area (Å²) in [7, 11) is 0. The smallest absolute Gasteiger partial charge is 0.137 e. The number of nitrogens with one attached hydrogen (secondary N) is 1. The molecule has 3 rings (SSSR count). The van der Waals surface area contributed by atoms with Crippen LogP contribution in [0.25, 0.3) is 22.2 Å². The van der Waals surface area contributed by atoms with Crippen molar-refractivity contribution in [1.82, 2.24) is 19.9 Å². The van der Waals surface area contributed by atoms with Crippen molar-refractivity contribution < 1.29 is 0 Å². The maximum Gasteiger partial charge on any atom is 0.137 e. The lowest BCUT2D eigenvalue weighted by Gasteiger charge is -2.03. The van der Waals surface area contributed by atoms with E-state index in [2.05, 4.69) is 26.0 Å². The average molecular weight is 210 g/mol. The molecule has 3 aromatic heterocycles. The van der Waals surface area contributed by atoms with Gasteiger partial charge in [-0.1, -0.05) is 0 Å². The van der Waals surface area contributed by atoms with Crippen LogP contribution in [0.3, 0.4) is 0 Å². The molecule has 78 valence electrons. The number of pyridine rings is 1. The summed E-state index contributed by atoms with van der Waals surface area (Å²) >= 11 is 0. The van der Waals surface area contributed by atoms with Crippen molar-refractivity contribution >= 4 is 11.0 Å². The van der Waals surface area contributed by atoms with Crippen LogP contribution in [-0.2, 0) is 0 Å². The zero-order valence-corrected chi connectivity index (χ0v) is 8.81. The Kier molecular flexibility index (Phi) is 1.93. The number of rotatable bonds is 1. The number of hydrogen-bond acceptors (Lipinski definition) is 3. The van der Waals surface area contributed by atoms with E-state index in [1.165, 1.54) is 0 Å². The normalized spacial score (nSPS) is 10.8. The van der Waals surface area contributed by atoms with Gasteiger partial charge in [-0.2, -0.15) is 0 Å². The second-order valence-electron chi connectivity index (χ2n) is 3.66. The Morgan fingerprint density at radius 1 is 1.19 bits per heavy atom. The quantitative estimate of drug-likeness (QED) is 0.670. The van der Waals surface area contributed by atoms with Gasteiger partial charge in [-0.05, 0) is 19.1 Å². The van der Waals surface area contributed by atoms with Crippen LogP contribution in [0.15, 0.2) is 37.1 Å². The van der Waals surface area contributed by atoms with E-state index in [4.69, 9.17) is 0 Å². The molecule has 16 heavy (non-hydrogen) atoms. The lowest BCUT2D eigenvalue weighted by atomic mass is 10.1. The highest BCUT2D eigenvalue weighted by Gasteiger charge is 2.04. The van der Waals surface area contributed by atoms with Gasteiger partial charge in [-0.3, -0.25) is 0 Å². The average Bonchev–Trinajstić information content (AvgIpc) is 2.76. The van der Waals surface area contributed by atoms with E-state index in [1.54, 1.807) is 6.33 Å². The van der Waals surface area contributed by atoms with Gasteiger partial charge < -0.3 is 4.98 Å². The number of H-pyrrole nitrogens is 1. The molecular weight excluding hydrogens is 200 g/mol. The maximum atomic E-state index is 4.35. The SMILES string of the molecule is Cc1ncncc1-c1cnc2[nH]ccc2c1. The number of aryl methyl sites for hydroxylation is 1. The molecule has 0 atom stereocenters. The zero-order chi connectivity index (χ0) is 11.0. The monoisotopic (exact) mass is 210 g/mol. The number of aromatic amines is 1. The molecule has 0 aliphatic carbocycles. The van der Waals surface area contributed by atoms with Crippen molar-refractivity contribution in [2.24, 2.45) is 0 Å². The minimum Gasteiger partial charge on any atom is -0.346 e. The summed E-state index contributed by atoms with van der Waals surface area (Å²) in [4.78, 5) is 15.6. The molecule has 4 heteroatoms. The summed E-state index contributed by atoms with van der Waals surface area (Å²) in [5.41, 5.74) is 3.94. The fourth-order valence-electron chi connectivity index (χ4n) is 1.76. The highest BCUT2D eigenvalue weighted by atomic mass is 14.8. The van der Waals surface area contributed by atoms with Crippen molar-refractivity contribution in [2.45, 2.75) is 6.92 Å². The molecule has 1 N–H and O–H groups in total. The van der Waals surface area contributed by atoms with Gasteiger partial charge in [0.25, 0.3) is 0 Å². The third-order valence-corrected chi connectivity index (χ3v) is 2.62. The van der Waals surface area contributed by atoms with Crippen LogP contribution >= 0.6 is 0 Å². The Hall–Kier alpha value is -2.23. The first kappa shape index (κ1) is 9.03.